The fourth-order valence-corrected chi connectivity index (χ4v) is 1.82. The molecule has 10 nitrogen and oxygen atoms in total. The molecule has 0 aliphatic rings. The highest BCUT2D eigenvalue weighted by Gasteiger charge is 2.40. The Balaban J connectivity index is 5.55. The lowest BCUT2D eigenvalue weighted by molar-refractivity contribution is -0.182. The molecule has 136 valence electrons. The molecule has 0 spiro atoms. The summed E-state index contributed by atoms with van der Waals surface area (Å²) in [5.41, 5.74) is 0. The SMILES string of the molecule is CC(=O)N[C@@H](C=O)[C@@H](OC(C)=O)[C@H](OC(C)=O)[C@H](O)COC(C)=O. The van der Waals surface area contributed by atoms with Crippen molar-refractivity contribution in [3.8, 4) is 0 Å². The Bertz CT molecular complexity index is 491. The average Bonchev–Trinajstić information content (AvgIpc) is 2.45. The maximum Gasteiger partial charge on any atom is 0.303 e. The number of aliphatic hydroxyl groups is 1. The van der Waals surface area contributed by atoms with Crippen LogP contribution in [-0.4, -0.2) is 66.2 Å². The molecule has 4 atom stereocenters. The van der Waals surface area contributed by atoms with Crippen molar-refractivity contribution < 1.29 is 43.3 Å². The van der Waals surface area contributed by atoms with Crippen LogP contribution in [-0.2, 0) is 38.2 Å². The van der Waals surface area contributed by atoms with Crippen molar-refractivity contribution in [3.05, 3.63) is 0 Å². The largest absolute Gasteiger partial charge is 0.463 e. The van der Waals surface area contributed by atoms with Crippen LogP contribution in [0.4, 0.5) is 0 Å². The molecule has 0 rings (SSSR count). The van der Waals surface area contributed by atoms with Crippen LogP contribution in [0.3, 0.4) is 0 Å². The van der Waals surface area contributed by atoms with Gasteiger partial charge in [-0.2, -0.15) is 0 Å². The van der Waals surface area contributed by atoms with E-state index in [1.54, 1.807) is 0 Å². The minimum Gasteiger partial charge on any atom is -0.463 e. The number of amides is 1. The summed E-state index contributed by atoms with van der Waals surface area (Å²) in [5, 5.41) is 12.3. The zero-order valence-electron chi connectivity index (χ0n) is 13.8. The van der Waals surface area contributed by atoms with Crippen LogP contribution in [0, 0.1) is 0 Å². The number of carbonyl (C=O) groups is 5. The van der Waals surface area contributed by atoms with E-state index in [0.717, 1.165) is 27.7 Å². The zero-order valence-corrected chi connectivity index (χ0v) is 13.8. The van der Waals surface area contributed by atoms with Crippen molar-refractivity contribution in [1.29, 1.82) is 0 Å². The number of hydrogen-bond donors (Lipinski definition) is 2. The van der Waals surface area contributed by atoms with Crippen molar-refractivity contribution in [3.63, 3.8) is 0 Å². The Morgan fingerprint density at radius 1 is 0.958 bits per heavy atom. The molecule has 0 aromatic heterocycles. The molecule has 10 heteroatoms. The third-order valence-corrected chi connectivity index (χ3v) is 2.63. The molecule has 0 fully saturated rings. The smallest absolute Gasteiger partial charge is 0.303 e. The number of esters is 3. The molecule has 0 saturated carbocycles. The van der Waals surface area contributed by atoms with Crippen molar-refractivity contribution in [1.82, 2.24) is 5.32 Å². The maximum atomic E-state index is 11.3. The number of carbonyl (C=O) groups excluding carboxylic acids is 5. The molecule has 2 N–H and O–H groups in total. The summed E-state index contributed by atoms with van der Waals surface area (Å²) in [5.74, 6) is -2.99. The average molecular weight is 347 g/mol. The molecule has 0 heterocycles. The highest BCUT2D eigenvalue weighted by Crippen LogP contribution is 2.15. The molecule has 0 bridgehead atoms. The van der Waals surface area contributed by atoms with Gasteiger partial charge in [0, 0.05) is 27.7 Å². The number of aldehydes is 1. The van der Waals surface area contributed by atoms with Gasteiger partial charge in [-0.05, 0) is 0 Å². The summed E-state index contributed by atoms with van der Waals surface area (Å²) < 4.78 is 14.5. The molecule has 24 heavy (non-hydrogen) atoms. The number of rotatable bonds is 9. The van der Waals surface area contributed by atoms with Gasteiger partial charge >= 0.3 is 17.9 Å². The maximum absolute atomic E-state index is 11.3. The van der Waals surface area contributed by atoms with E-state index in [1.165, 1.54) is 0 Å². The van der Waals surface area contributed by atoms with Gasteiger partial charge in [0.2, 0.25) is 5.91 Å². The molecule has 0 aromatic carbocycles. The van der Waals surface area contributed by atoms with E-state index in [4.69, 9.17) is 9.47 Å². The molecule has 0 aliphatic heterocycles. The van der Waals surface area contributed by atoms with Gasteiger partial charge in [0.25, 0.3) is 0 Å². The zero-order chi connectivity index (χ0) is 18.9. The Morgan fingerprint density at radius 2 is 1.46 bits per heavy atom. The molecule has 1 amide bonds. The van der Waals surface area contributed by atoms with Crippen LogP contribution in [0.2, 0.25) is 0 Å². The Hall–Kier alpha value is -2.49. The van der Waals surface area contributed by atoms with Crippen LogP contribution in [0.1, 0.15) is 27.7 Å². The second-order valence-corrected chi connectivity index (χ2v) is 4.88. The normalized spacial score (nSPS) is 15.2. The lowest BCUT2D eigenvalue weighted by atomic mass is 10.0. The number of ether oxygens (including phenoxy) is 3. The minimum atomic E-state index is -1.60. The van der Waals surface area contributed by atoms with Crippen molar-refractivity contribution >= 4 is 30.1 Å². The fraction of sp³-hybridized carbons (Fsp3) is 0.643. The molecule has 0 aliphatic carbocycles. The topological polar surface area (TPSA) is 145 Å². The minimum absolute atomic E-state index is 0.268. The Morgan fingerprint density at radius 3 is 1.83 bits per heavy atom. The first kappa shape index (κ1) is 21.5. The van der Waals surface area contributed by atoms with E-state index in [-0.39, 0.29) is 6.29 Å². The molecule has 0 unspecified atom stereocenters. The first-order valence-electron chi connectivity index (χ1n) is 6.96. The van der Waals surface area contributed by atoms with E-state index in [0.29, 0.717) is 0 Å². The van der Waals surface area contributed by atoms with Crippen LogP contribution < -0.4 is 5.32 Å². The predicted molar refractivity (Wildman–Crippen MR) is 77.4 cm³/mol. The molecule has 0 aromatic rings. The number of aliphatic hydroxyl groups excluding tert-OH is 1. The van der Waals surface area contributed by atoms with Crippen molar-refractivity contribution in [2.45, 2.75) is 52.0 Å². The van der Waals surface area contributed by atoms with E-state index >= 15 is 0 Å². The van der Waals surface area contributed by atoms with Gasteiger partial charge < -0.3 is 29.4 Å². The monoisotopic (exact) mass is 347 g/mol. The highest BCUT2D eigenvalue weighted by molar-refractivity contribution is 5.78. The number of nitrogens with one attached hydrogen (secondary N) is 1. The lowest BCUT2D eigenvalue weighted by Gasteiger charge is -2.32. The van der Waals surface area contributed by atoms with E-state index in [9.17, 15) is 29.1 Å². The molecular weight excluding hydrogens is 326 g/mol. The van der Waals surface area contributed by atoms with Crippen LogP contribution in [0.15, 0.2) is 0 Å². The summed E-state index contributed by atoms with van der Waals surface area (Å²) in [6.45, 7) is 3.72. The van der Waals surface area contributed by atoms with Gasteiger partial charge in [-0.25, -0.2) is 0 Å². The third kappa shape index (κ3) is 8.22. The predicted octanol–water partition coefficient (Wildman–Crippen LogP) is -1.52. The summed E-state index contributed by atoms with van der Waals surface area (Å²) >= 11 is 0. The van der Waals surface area contributed by atoms with E-state index < -0.39 is 54.8 Å². The van der Waals surface area contributed by atoms with E-state index in [2.05, 4.69) is 10.1 Å². The Labute approximate surface area is 138 Å². The Kier molecular flexibility index (Phi) is 9.25. The summed E-state index contributed by atoms with van der Waals surface area (Å²) in [6.07, 6.45) is -4.39. The quantitative estimate of drug-likeness (QED) is 0.288. The van der Waals surface area contributed by atoms with Crippen LogP contribution in [0.5, 0.6) is 0 Å². The summed E-state index contributed by atoms with van der Waals surface area (Å²) in [7, 11) is 0. The van der Waals surface area contributed by atoms with Gasteiger partial charge in [-0.15, -0.1) is 0 Å². The van der Waals surface area contributed by atoms with Gasteiger partial charge in [0.1, 0.15) is 25.0 Å². The first-order valence-corrected chi connectivity index (χ1v) is 6.96. The molecule has 0 saturated heterocycles. The van der Waals surface area contributed by atoms with Gasteiger partial charge in [-0.3, -0.25) is 19.2 Å². The molecule has 0 radical (unpaired) electrons. The number of hydrogen-bond acceptors (Lipinski definition) is 9. The van der Waals surface area contributed by atoms with Crippen LogP contribution >= 0.6 is 0 Å². The second-order valence-electron chi connectivity index (χ2n) is 4.88. The first-order chi connectivity index (χ1) is 11.1. The van der Waals surface area contributed by atoms with Crippen LogP contribution in [0.25, 0.3) is 0 Å². The highest BCUT2D eigenvalue weighted by atomic mass is 16.6. The van der Waals surface area contributed by atoms with Crippen molar-refractivity contribution in [2.75, 3.05) is 6.61 Å². The van der Waals surface area contributed by atoms with Gasteiger partial charge in [-0.1, -0.05) is 0 Å². The summed E-state index contributed by atoms with van der Waals surface area (Å²) in [6, 6.07) is -1.39. The van der Waals surface area contributed by atoms with Gasteiger partial charge in [0.15, 0.2) is 12.2 Å². The summed E-state index contributed by atoms with van der Waals surface area (Å²) in [4.78, 5) is 55.8. The standard InChI is InChI=1S/C14H21NO9/c1-7(17)15-11(5-16)13(23-9(3)19)14(24-10(4)20)12(21)6-22-8(2)18/h5,11-14,21H,6H2,1-4H3,(H,15,17)/t11-,12+,13+,14+/m0/s1. The molecular formula is C14H21NO9. The third-order valence-electron chi connectivity index (χ3n) is 2.63. The lowest BCUT2D eigenvalue weighted by Crippen LogP contribution is -2.56. The van der Waals surface area contributed by atoms with E-state index in [1.807, 2.05) is 0 Å². The van der Waals surface area contributed by atoms with Crippen molar-refractivity contribution in [2.24, 2.45) is 0 Å². The van der Waals surface area contributed by atoms with Gasteiger partial charge in [0.05, 0.1) is 0 Å². The second kappa shape index (κ2) is 10.3. The fourth-order valence-electron chi connectivity index (χ4n) is 1.82.